The van der Waals surface area contributed by atoms with Crippen molar-refractivity contribution in [2.75, 3.05) is 32.7 Å². The van der Waals surface area contributed by atoms with Gasteiger partial charge in [-0.3, -0.25) is 9.79 Å². The van der Waals surface area contributed by atoms with E-state index in [9.17, 15) is 4.79 Å². The number of guanidine groups is 1. The highest BCUT2D eigenvalue weighted by Gasteiger charge is 2.39. The van der Waals surface area contributed by atoms with Crippen molar-refractivity contribution < 1.29 is 4.79 Å². The molecule has 0 radical (unpaired) electrons. The quantitative estimate of drug-likeness (QED) is 0.290. The van der Waals surface area contributed by atoms with Gasteiger partial charge in [-0.2, -0.15) is 0 Å². The van der Waals surface area contributed by atoms with Gasteiger partial charge < -0.3 is 15.5 Å². The molecule has 1 aliphatic heterocycles. The van der Waals surface area contributed by atoms with Crippen LogP contribution in [0.15, 0.2) is 4.99 Å². The molecule has 2 N–H and O–H groups in total. The lowest BCUT2D eigenvalue weighted by molar-refractivity contribution is -0.128. The third-order valence-corrected chi connectivity index (χ3v) is 5.33. The molecule has 1 spiro atoms. The number of hydrogen-bond donors (Lipinski definition) is 2. The first-order valence-electron chi connectivity index (χ1n) is 9.68. The van der Waals surface area contributed by atoms with Crippen molar-refractivity contribution in [3.8, 4) is 0 Å². The third-order valence-electron chi connectivity index (χ3n) is 5.33. The zero-order chi connectivity index (χ0) is 17.6. The Kier molecular flexibility index (Phi) is 8.98. The molecule has 0 aromatic heterocycles. The van der Waals surface area contributed by atoms with Gasteiger partial charge >= 0.3 is 0 Å². The van der Waals surface area contributed by atoms with Crippen molar-refractivity contribution in [3.05, 3.63) is 0 Å². The smallest absolute Gasteiger partial charge is 0.225 e. The highest BCUT2D eigenvalue weighted by Crippen LogP contribution is 2.43. The Labute approximate surface area is 170 Å². The second kappa shape index (κ2) is 9.97. The van der Waals surface area contributed by atoms with Gasteiger partial charge in [0.05, 0.1) is 6.54 Å². The fourth-order valence-corrected chi connectivity index (χ4v) is 3.85. The second-order valence-electron chi connectivity index (χ2n) is 8.47. The molecule has 1 heterocycles. The van der Waals surface area contributed by atoms with E-state index in [0.29, 0.717) is 18.5 Å². The van der Waals surface area contributed by atoms with Gasteiger partial charge in [-0.05, 0) is 31.6 Å². The van der Waals surface area contributed by atoms with Crippen LogP contribution in [0.4, 0.5) is 0 Å². The number of likely N-dealkylation sites (tertiary alicyclic amines) is 1. The number of aliphatic imine (C=N–C) groups is 1. The summed E-state index contributed by atoms with van der Waals surface area (Å²) in [7, 11) is 0. The van der Waals surface area contributed by atoms with E-state index in [1.807, 2.05) is 20.8 Å². The fraction of sp³-hybridized carbons (Fsp3) is 0.895. The topological polar surface area (TPSA) is 56.7 Å². The Bertz CT molecular complexity index is 453. The molecule has 1 amide bonds. The van der Waals surface area contributed by atoms with Gasteiger partial charge in [0, 0.05) is 31.6 Å². The summed E-state index contributed by atoms with van der Waals surface area (Å²) in [6.45, 7) is 12.3. The number of amides is 1. The molecule has 2 fully saturated rings. The van der Waals surface area contributed by atoms with Gasteiger partial charge in [0.1, 0.15) is 0 Å². The molecule has 6 heteroatoms. The lowest BCUT2D eigenvalue weighted by Crippen LogP contribution is -2.42. The molecule has 5 nitrogen and oxygen atoms in total. The molecule has 2 aliphatic rings. The van der Waals surface area contributed by atoms with Crippen molar-refractivity contribution in [3.63, 3.8) is 0 Å². The minimum Gasteiger partial charge on any atom is -0.357 e. The lowest BCUT2D eigenvalue weighted by atomic mass is 9.73. The fourth-order valence-electron chi connectivity index (χ4n) is 3.85. The number of rotatable bonds is 4. The van der Waals surface area contributed by atoms with E-state index in [4.69, 9.17) is 4.99 Å². The van der Waals surface area contributed by atoms with E-state index < -0.39 is 0 Å². The van der Waals surface area contributed by atoms with Crippen molar-refractivity contribution in [2.45, 2.75) is 66.2 Å². The first-order chi connectivity index (χ1) is 11.4. The van der Waals surface area contributed by atoms with Crippen LogP contribution >= 0.6 is 24.0 Å². The van der Waals surface area contributed by atoms with Gasteiger partial charge in [0.15, 0.2) is 5.96 Å². The molecule has 0 bridgehead atoms. The number of nitrogens with zero attached hydrogens (tertiary/aromatic N) is 2. The highest BCUT2D eigenvalue weighted by atomic mass is 127. The van der Waals surface area contributed by atoms with Crippen LogP contribution in [-0.4, -0.2) is 49.5 Å². The first kappa shape index (κ1) is 22.5. The van der Waals surface area contributed by atoms with Crippen molar-refractivity contribution in [2.24, 2.45) is 15.8 Å². The Morgan fingerprint density at radius 2 is 1.80 bits per heavy atom. The van der Waals surface area contributed by atoms with Crippen LogP contribution in [0.25, 0.3) is 0 Å². The molecule has 0 aromatic carbocycles. The number of hydrogen-bond acceptors (Lipinski definition) is 2. The molecule has 1 saturated heterocycles. The van der Waals surface area contributed by atoms with E-state index in [1.165, 1.54) is 38.5 Å². The predicted molar refractivity (Wildman–Crippen MR) is 116 cm³/mol. The molecule has 0 unspecified atom stereocenters. The Morgan fingerprint density at radius 1 is 1.12 bits per heavy atom. The molecular weight excluding hydrogens is 427 g/mol. The Balaban J connectivity index is 0.00000312. The summed E-state index contributed by atoms with van der Waals surface area (Å²) >= 11 is 0. The maximum absolute atomic E-state index is 11.9. The largest absolute Gasteiger partial charge is 0.357 e. The van der Waals surface area contributed by atoms with Crippen molar-refractivity contribution in [1.29, 1.82) is 0 Å². The Morgan fingerprint density at radius 3 is 2.40 bits per heavy atom. The van der Waals surface area contributed by atoms with E-state index in [0.717, 1.165) is 25.6 Å². The van der Waals surface area contributed by atoms with E-state index in [-0.39, 0.29) is 35.3 Å². The van der Waals surface area contributed by atoms with Crippen LogP contribution in [0.2, 0.25) is 0 Å². The second-order valence-corrected chi connectivity index (χ2v) is 8.47. The van der Waals surface area contributed by atoms with Crippen molar-refractivity contribution >= 4 is 35.8 Å². The molecule has 1 aliphatic carbocycles. The van der Waals surface area contributed by atoms with Crippen LogP contribution in [0.5, 0.6) is 0 Å². The summed E-state index contributed by atoms with van der Waals surface area (Å²) in [6, 6.07) is 0. The van der Waals surface area contributed by atoms with Crippen LogP contribution < -0.4 is 10.6 Å². The SMILES string of the molecule is CCNC(=NCCNC(=O)C(C)(C)C)N1CCC2(CCCCC2)C1.I. The molecule has 2 rings (SSSR count). The number of nitrogens with one attached hydrogen (secondary N) is 2. The molecule has 0 aromatic rings. The third kappa shape index (κ3) is 6.61. The van der Waals surface area contributed by atoms with Crippen molar-refractivity contribution in [1.82, 2.24) is 15.5 Å². The standard InChI is InChI=1S/C19H36N4O.HI/c1-5-20-17(22-13-12-21-16(24)18(2,3)4)23-14-11-19(15-23)9-7-6-8-10-19;/h5-15H2,1-4H3,(H,20,22)(H,21,24);1H. The minimum absolute atomic E-state index is 0. The first-order valence-corrected chi connectivity index (χ1v) is 9.68. The number of carbonyl (C=O) groups is 1. The predicted octanol–water partition coefficient (Wildman–Crippen LogP) is 3.39. The Hall–Kier alpha value is -0.530. The number of halogens is 1. The molecule has 1 saturated carbocycles. The molecule has 146 valence electrons. The monoisotopic (exact) mass is 464 g/mol. The zero-order valence-electron chi connectivity index (χ0n) is 16.5. The van der Waals surface area contributed by atoms with E-state index >= 15 is 0 Å². The summed E-state index contributed by atoms with van der Waals surface area (Å²) < 4.78 is 0. The summed E-state index contributed by atoms with van der Waals surface area (Å²) in [5, 5.41) is 6.40. The van der Waals surface area contributed by atoms with Gasteiger partial charge in [0.25, 0.3) is 0 Å². The summed E-state index contributed by atoms with van der Waals surface area (Å²) in [4.78, 5) is 19.1. The maximum atomic E-state index is 11.9. The normalized spacial score (nSPS) is 20.3. The van der Waals surface area contributed by atoms with Gasteiger partial charge in [-0.25, -0.2) is 0 Å². The van der Waals surface area contributed by atoms with Gasteiger partial charge in [-0.1, -0.05) is 40.0 Å². The average Bonchev–Trinajstić information content (AvgIpc) is 2.93. The van der Waals surface area contributed by atoms with E-state index in [2.05, 4.69) is 22.5 Å². The lowest BCUT2D eigenvalue weighted by Gasteiger charge is -2.33. The van der Waals surface area contributed by atoms with Crippen LogP contribution in [0, 0.1) is 10.8 Å². The van der Waals surface area contributed by atoms with Gasteiger partial charge in [0.2, 0.25) is 5.91 Å². The maximum Gasteiger partial charge on any atom is 0.225 e. The highest BCUT2D eigenvalue weighted by molar-refractivity contribution is 14.0. The van der Waals surface area contributed by atoms with Crippen LogP contribution in [0.1, 0.15) is 66.2 Å². The molecule has 0 atom stereocenters. The molecule has 25 heavy (non-hydrogen) atoms. The minimum atomic E-state index is -0.337. The average molecular weight is 464 g/mol. The zero-order valence-corrected chi connectivity index (χ0v) is 18.8. The summed E-state index contributed by atoms with van der Waals surface area (Å²) in [5.41, 5.74) is 0.200. The van der Waals surface area contributed by atoms with E-state index in [1.54, 1.807) is 0 Å². The summed E-state index contributed by atoms with van der Waals surface area (Å²) in [6.07, 6.45) is 8.25. The van der Waals surface area contributed by atoms with Crippen LogP contribution in [0.3, 0.4) is 0 Å². The summed E-state index contributed by atoms with van der Waals surface area (Å²) in [5.74, 6) is 1.11. The number of carbonyl (C=O) groups excluding carboxylic acids is 1. The molecular formula is C19H37IN4O. The van der Waals surface area contributed by atoms with Gasteiger partial charge in [-0.15, -0.1) is 24.0 Å². The van der Waals surface area contributed by atoms with Crippen LogP contribution in [-0.2, 0) is 4.79 Å².